The van der Waals surface area contributed by atoms with Crippen LogP contribution in [0.3, 0.4) is 0 Å². The highest BCUT2D eigenvalue weighted by molar-refractivity contribution is 6.31. The number of carbonyl (C=O) groups excluding carboxylic acids is 2. The van der Waals surface area contributed by atoms with Gasteiger partial charge in [-0.2, -0.15) is 0 Å². The zero-order chi connectivity index (χ0) is 18.8. The second-order valence-corrected chi connectivity index (χ2v) is 6.56. The van der Waals surface area contributed by atoms with Gasteiger partial charge >= 0.3 is 0 Å². The van der Waals surface area contributed by atoms with E-state index >= 15 is 0 Å². The third-order valence-corrected chi connectivity index (χ3v) is 4.58. The molecule has 136 valence electrons. The van der Waals surface area contributed by atoms with Crippen molar-refractivity contribution in [3.8, 4) is 5.75 Å². The lowest BCUT2D eigenvalue weighted by Crippen LogP contribution is -2.51. The molecule has 0 saturated heterocycles. The van der Waals surface area contributed by atoms with E-state index in [0.717, 1.165) is 5.56 Å². The number of carbonyl (C=O) groups is 2. The van der Waals surface area contributed by atoms with Gasteiger partial charge in [0, 0.05) is 11.6 Å². The van der Waals surface area contributed by atoms with Gasteiger partial charge in [0.1, 0.15) is 17.6 Å². The van der Waals surface area contributed by atoms with Gasteiger partial charge in [0.05, 0.1) is 5.69 Å². The van der Waals surface area contributed by atoms with Crippen LogP contribution in [0.15, 0.2) is 36.4 Å². The lowest BCUT2D eigenvalue weighted by atomic mass is 10.1. The first kappa shape index (κ1) is 18.2. The van der Waals surface area contributed by atoms with E-state index < -0.39 is 11.9 Å². The minimum Gasteiger partial charge on any atom is -0.482 e. The number of rotatable bonds is 4. The van der Waals surface area contributed by atoms with Crippen LogP contribution in [0.25, 0.3) is 0 Å². The third kappa shape index (κ3) is 3.65. The van der Waals surface area contributed by atoms with Crippen LogP contribution in [0, 0.1) is 12.7 Å². The Morgan fingerprint density at radius 1 is 1.35 bits per heavy atom. The van der Waals surface area contributed by atoms with Crippen LogP contribution in [0.5, 0.6) is 5.75 Å². The fourth-order valence-corrected chi connectivity index (χ4v) is 3.05. The standard InChI is InChI=1S/C19H18ClFN2O3/c1-11-3-6-17-16(7-11)23(18(24)10-26-17)12(2)19(25)22-9-13-4-5-14(21)8-15(13)20/h3-8,12H,9-10H2,1-2H3,(H,22,25). The lowest BCUT2D eigenvalue weighted by molar-refractivity contribution is -0.127. The molecule has 0 radical (unpaired) electrons. The normalized spacial score (nSPS) is 14.5. The molecule has 0 spiro atoms. The van der Waals surface area contributed by atoms with Crippen molar-refractivity contribution in [3.05, 3.63) is 58.4 Å². The van der Waals surface area contributed by atoms with E-state index in [0.29, 0.717) is 17.0 Å². The summed E-state index contributed by atoms with van der Waals surface area (Å²) in [5.41, 5.74) is 2.12. The molecule has 0 aromatic heterocycles. The van der Waals surface area contributed by atoms with Crippen molar-refractivity contribution in [2.24, 2.45) is 0 Å². The number of amides is 2. The van der Waals surface area contributed by atoms with Crippen molar-refractivity contribution in [2.75, 3.05) is 11.5 Å². The van der Waals surface area contributed by atoms with Crippen LogP contribution in [-0.4, -0.2) is 24.5 Å². The molecule has 1 aliphatic heterocycles. The molecule has 7 heteroatoms. The summed E-state index contributed by atoms with van der Waals surface area (Å²) in [5.74, 6) is -0.501. The number of fused-ring (bicyclic) bond motifs is 1. The molecule has 26 heavy (non-hydrogen) atoms. The smallest absolute Gasteiger partial charge is 0.265 e. The monoisotopic (exact) mass is 376 g/mol. The van der Waals surface area contributed by atoms with Gasteiger partial charge in [0.15, 0.2) is 6.61 Å². The highest BCUT2D eigenvalue weighted by Crippen LogP contribution is 2.34. The number of ether oxygens (including phenoxy) is 1. The maximum Gasteiger partial charge on any atom is 0.265 e. The van der Waals surface area contributed by atoms with Crippen LogP contribution in [0.1, 0.15) is 18.1 Å². The fourth-order valence-electron chi connectivity index (χ4n) is 2.82. The number of halogens is 2. The summed E-state index contributed by atoms with van der Waals surface area (Å²) in [4.78, 5) is 26.3. The van der Waals surface area contributed by atoms with Crippen molar-refractivity contribution in [1.82, 2.24) is 5.32 Å². The number of hydrogen-bond acceptors (Lipinski definition) is 3. The molecule has 1 unspecified atom stereocenters. The second kappa shape index (κ2) is 7.33. The van der Waals surface area contributed by atoms with Gasteiger partial charge < -0.3 is 10.1 Å². The molecule has 0 fully saturated rings. The van der Waals surface area contributed by atoms with Crippen molar-refractivity contribution >= 4 is 29.1 Å². The Labute approximate surface area is 155 Å². The summed E-state index contributed by atoms with van der Waals surface area (Å²) >= 11 is 5.98. The molecule has 2 aromatic carbocycles. The number of nitrogens with one attached hydrogen (secondary N) is 1. The van der Waals surface area contributed by atoms with Gasteiger partial charge in [-0.1, -0.05) is 23.7 Å². The first-order valence-corrected chi connectivity index (χ1v) is 8.52. The Morgan fingerprint density at radius 2 is 2.12 bits per heavy atom. The van der Waals surface area contributed by atoms with Gasteiger partial charge in [-0.3, -0.25) is 14.5 Å². The van der Waals surface area contributed by atoms with Crippen molar-refractivity contribution < 1.29 is 18.7 Å². The van der Waals surface area contributed by atoms with E-state index in [9.17, 15) is 14.0 Å². The van der Waals surface area contributed by atoms with Gasteiger partial charge in [0.2, 0.25) is 5.91 Å². The quantitative estimate of drug-likeness (QED) is 0.891. The van der Waals surface area contributed by atoms with E-state index in [1.807, 2.05) is 19.1 Å². The predicted molar refractivity (Wildman–Crippen MR) is 96.9 cm³/mol. The van der Waals surface area contributed by atoms with Crippen LogP contribution < -0.4 is 15.0 Å². The summed E-state index contributed by atoms with van der Waals surface area (Å²) in [6, 6.07) is 8.74. The summed E-state index contributed by atoms with van der Waals surface area (Å²) < 4.78 is 18.5. The number of anilines is 1. The van der Waals surface area contributed by atoms with E-state index in [-0.39, 0.29) is 30.0 Å². The minimum absolute atomic E-state index is 0.114. The van der Waals surface area contributed by atoms with Gasteiger partial charge in [-0.15, -0.1) is 0 Å². The van der Waals surface area contributed by atoms with E-state index in [1.165, 1.54) is 23.1 Å². The zero-order valence-corrected chi connectivity index (χ0v) is 15.1. The first-order valence-electron chi connectivity index (χ1n) is 8.14. The molecular formula is C19H18ClFN2O3. The Kier molecular flexibility index (Phi) is 5.13. The molecule has 0 aliphatic carbocycles. The second-order valence-electron chi connectivity index (χ2n) is 6.15. The number of hydrogen-bond donors (Lipinski definition) is 1. The van der Waals surface area contributed by atoms with Crippen molar-refractivity contribution in [3.63, 3.8) is 0 Å². The summed E-state index contributed by atoms with van der Waals surface area (Å²) in [6.45, 7) is 3.58. The van der Waals surface area contributed by atoms with Gasteiger partial charge in [-0.25, -0.2) is 4.39 Å². The van der Waals surface area contributed by atoms with Crippen LogP contribution >= 0.6 is 11.6 Å². The van der Waals surface area contributed by atoms with Crippen LogP contribution in [0.2, 0.25) is 5.02 Å². The van der Waals surface area contributed by atoms with Gasteiger partial charge in [-0.05, 0) is 49.2 Å². The van der Waals surface area contributed by atoms with Crippen molar-refractivity contribution in [2.45, 2.75) is 26.4 Å². The van der Waals surface area contributed by atoms with Crippen LogP contribution in [-0.2, 0) is 16.1 Å². The molecule has 0 saturated carbocycles. The zero-order valence-electron chi connectivity index (χ0n) is 14.4. The molecule has 2 amide bonds. The number of nitrogens with zero attached hydrogens (tertiary/aromatic N) is 1. The van der Waals surface area contributed by atoms with Crippen molar-refractivity contribution in [1.29, 1.82) is 0 Å². The van der Waals surface area contributed by atoms with E-state index in [4.69, 9.17) is 16.3 Å². The molecule has 2 aromatic rings. The minimum atomic E-state index is -0.730. The van der Waals surface area contributed by atoms with Crippen LogP contribution in [0.4, 0.5) is 10.1 Å². The van der Waals surface area contributed by atoms with E-state index in [1.54, 1.807) is 13.0 Å². The Hall–Kier alpha value is -2.60. The number of benzene rings is 2. The third-order valence-electron chi connectivity index (χ3n) is 4.23. The Balaban J connectivity index is 1.76. The number of aryl methyl sites for hydroxylation is 1. The average molecular weight is 377 g/mol. The highest BCUT2D eigenvalue weighted by Gasteiger charge is 2.33. The average Bonchev–Trinajstić information content (AvgIpc) is 2.60. The molecule has 5 nitrogen and oxygen atoms in total. The predicted octanol–water partition coefficient (Wildman–Crippen LogP) is 3.22. The molecule has 1 atom stereocenters. The molecule has 0 bridgehead atoms. The van der Waals surface area contributed by atoms with E-state index in [2.05, 4.69) is 5.32 Å². The molecular weight excluding hydrogens is 359 g/mol. The maximum absolute atomic E-state index is 13.1. The summed E-state index contributed by atoms with van der Waals surface area (Å²) in [5, 5.41) is 2.98. The van der Waals surface area contributed by atoms with Gasteiger partial charge in [0.25, 0.3) is 5.91 Å². The summed E-state index contributed by atoms with van der Waals surface area (Å²) in [7, 11) is 0. The lowest BCUT2D eigenvalue weighted by Gasteiger charge is -2.33. The molecule has 3 rings (SSSR count). The first-order chi connectivity index (χ1) is 12.4. The fraction of sp³-hybridized carbons (Fsp3) is 0.263. The summed E-state index contributed by atoms with van der Waals surface area (Å²) in [6.07, 6.45) is 0. The highest BCUT2D eigenvalue weighted by atomic mass is 35.5. The topological polar surface area (TPSA) is 58.6 Å². The SMILES string of the molecule is Cc1ccc2c(c1)N(C(C)C(=O)NCc1ccc(F)cc1Cl)C(=O)CO2. The molecule has 1 N–H and O–H groups in total. The Morgan fingerprint density at radius 3 is 2.85 bits per heavy atom. The molecule has 1 heterocycles. The largest absolute Gasteiger partial charge is 0.482 e. The maximum atomic E-state index is 13.1. The Bertz CT molecular complexity index is 872. The molecule has 1 aliphatic rings.